The highest BCUT2D eigenvalue weighted by Gasteiger charge is 2.10. The number of anilines is 1. The molecule has 0 saturated carbocycles. The first-order valence-corrected chi connectivity index (χ1v) is 10.4. The summed E-state index contributed by atoms with van der Waals surface area (Å²) in [5, 5.41) is 7.40. The molecule has 0 fully saturated rings. The van der Waals surface area contributed by atoms with E-state index >= 15 is 0 Å². The highest BCUT2D eigenvalue weighted by molar-refractivity contribution is 9.10. The summed E-state index contributed by atoms with van der Waals surface area (Å²) < 4.78 is 14.7. The van der Waals surface area contributed by atoms with Crippen LogP contribution in [0.5, 0.6) is 0 Å². The summed E-state index contributed by atoms with van der Waals surface area (Å²) in [7, 11) is 0. The third-order valence-corrected chi connectivity index (χ3v) is 5.26. The number of H-pyrrole nitrogens is 1. The van der Waals surface area contributed by atoms with E-state index in [9.17, 15) is 9.18 Å². The van der Waals surface area contributed by atoms with E-state index < -0.39 is 0 Å². The van der Waals surface area contributed by atoms with Crippen LogP contribution in [0, 0.1) is 11.7 Å². The number of aromatic amines is 1. The van der Waals surface area contributed by atoms with Crippen LogP contribution < -0.4 is 16.1 Å². The Morgan fingerprint density at radius 3 is 2.79 bits per heavy atom. The lowest BCUT2D eigenvalue weighted by molar-refractivity contribution is 0.455. The van der Waals surface area contributed by atoms with Crippen LogP contribution in [-0.4, -0.2) is 18.1 Å². The van der Waals surface area contributed by atoms with Gasteiger partial charge in [-0.3, -0.25) is 4.79 Å². The number of hydrogen-bond acceptors (Lipinski definition) is 3. The lowest BCUT2D eigenvalue weighted by Gasteiger charge is -2.19. The second-order valence-corrected chi connectivity index (χ2v) is 7.91. The fourth-order valence-electron chi connectivity index (χ4n) is 3.32. The van der Waals surface area contributed by atoms with Gasteiger partial charge in [-0.05, 0) is 49.2 Å². The molecule has 0 bridgehead atoms. The van der Waals surface area contributed by atoms with Crippen molar-refractivity contribution in [1.29, 1.82) is 0 Å². The minimum atomic E-state index is -0.199. The van der Waals surface area contributed by atoms with Gasteiger partial charge in [-0.25, -0.2) is 4.39 Å². The van der Waals surface area contributed by atoms with E-state index in [4.69, 9.17) is 0 Å². The smallest absolute Gasteiger partial charge is 0.191 e. The second kappa shape index (κ2) is 9.85. The molecule has 3 aromatic rings. The molecule has 4 nitrogen and oxygen atoms in total. The topological polar surface area (TPSA) is 56.9 Å². The Bertz CT molecular complexity index is 989. The minimum absolute atomic E-state index is 0.00662. The summed E-state index contributed by atoms with van der Waals surface area (Å²) in [5.74, 6) is 0.896. The Labute approximate surface area is 172 Å². The Kier molecular flexibility index (Phi) is 7.23. The van der Waals surface area contributed by atoms with Crippen LogP contribution in [0.1, 0.15) is 25.3 Å². The quantitative estimate of drug-likeness (QED) is 0.431. The van der Waals surface area contributed by atoms with Crippen molar-refractivity contribution >= 4 is 32.7 Å². The number of halogens is 2. The molecule has 2 aromatic carbocycles. The normalized spacial score (nSPS) is 12.2. The molecule has 3 N–H and O–H groups in total. The van der Waals surface area contributed by atoms with Crippen LogP contribution >= 0.6 is 15.9 Å². The molecule has 0 aliphatic carbocycles. The van der Waals surface area contributed by atoms with Crippen LogP contribution in [0.25, 0.3) is 10.9 Å². The fourth-order valence-corrected chi connectivity index (χ4v) is 3.73. The summed E-state index contributed by atoms with van der Waals surface area (Å²) >= 11 is 3.38. The summed E-state index contributed by atoms with van der Waals surface area (Å²) in [4.78, 5) is 15.5. The van der Waals surface area contributed by atoms with Crippen molar-refractivity contribution in [2.24, 2.45) is 5.92 Å². The largest absolute Gasteiger partial charge is 0.371 e. The Balaban J connectivity index is 1.59. The first-order valence-electron chi connectivity index (χ1n) is 9.57. The van der Waals surface area contributed by atoms with E-state index in [1.165, 1.54) is 6.07 Å². The maximum atomic E-state index is 13.9. The summed E-state index contributed by atoms with van der Waals surface area (Å²) in [5.41, 5.74) is 1.48. The zero-order chi connectivity index (χ0) is 19.9. The predicted molar refractivity (Wildman–Crippen MR) is 117 cm³/mol. The van der Waals surface area contributed by atoms with Gasteiger partial charge in [0, 0.05) is 34.6 Å². The molecular formula is C22H25BrFN3O. The number of pyridine rings is 1. The van der Waals surface area contributed by atoms with Crippen LogP contribution in [0.3, 0.4) is 0 Å². The Hall–Kier alpha value is -2.18. The van der Waals surface area contributed by atoms with Crippen molar-refractivity contribution in [3.8, 4) is 0 Å². The molecule has 28 heavy (non-hydrogen) atoms. The van der Waals surface area contributed by atoms with E-state index in [-0.39, 0.29) is 11.2 Å². The molecule has 1 unspecified atom stereocenters. The molecule has 6 heteroatoms. The van der Waals surface area contributed by atoms with Crippen molar-refractivity contribution in [3.05, 3.63) is 74.6 Å². The van der Waals surface area contributed by atoms with Gasteiger partial charge in [0.2, 0.25) is 0 Å². The van der Waals surface area contributed by atoms with Crippen LogP contribution in [0.4, 0.5) is 10.2 Å². The third kappa shape index (κ3) is 5.42. The molecule has 3 rings (SSSR count). The van der Waals surface area contributed by atoms with Crippen molar-refractivity contribution in [2.45, 2.75) is 26.3 Å². The van der Waals surface area contributed by atoms with E-state index in [0.29, 0.717) is 23.4 Å². The molecule has 0 aliphatic rings. The summed E-state index contributed by atoms with van der Waals surface area (Å²) in [6.45, 7) is 4.14. The minimum Gasteiger partial charge on any atom is -0.371 e. The lowest BCUT2D eigenvalue weighted by atomic mass is 10.0. The van der Waals surface area contributed by atoms with Gasteiger partial charge in [0.15, 0.2) is 5.43 Å². The number of nitrogens with one attached hydrogen (secondary N) is 3. The zero-order valence-corrected chi connectivity index (χ0v) is 17.5. The molecular weight excluding hydrogens is 421 g/mol. The van der Waals surface area contributed by atoms with Crippen LogP contribution in [-0.2, 0) is 6.54 Å². The summed E-state index contributed by atoms with van der Waals surface area (Å²) in [6.07, 6.45) is 2.10. The number of rotatable bonds is 9. The second-order valence-electron chi connectivity index (χ2n) is 7.00. The molecule has 148 valence electrons. The van der Waals surface area contributed by atoms with Gasteiger partial charge in [0.1, 0.15) is 11.6 Å². The molecule has 1 atom stereocenters. The monoisotopic (exact) mass is 445 g/mol. The van der Waals surface area contributed by atoms with E-state index in [0.717, 1.165) is 41.7 Å². The molecule has 0 aliphatic heterocycles. The van der Waals surface area contributed by atoms with Crippen molar-refractivity contribution in [2.75, 3.05) is 18.4 Å². The van der Waals surface area contributed by atoms with Gasteiger partial charge in [-0.1, -0.05) is 41.4 Å². The molecule has 0 radical (unpaired) electrons. The average molecular weight is 446 g/mol. The van der Waals surface area contributed by atoms with Crippen molar-refractivity contribution < 1.29 is 4.39 Å². The third-order valence-electron chi connectivity index (χ3n) is 4.77. The van der Waals surface area contributed by atoms with Gasteiger partial charge in [0.05, 0.1) is 5.52 Å². The van der Waals surface area contributed by atoms with Gasteiger partial charge in [-0.15, -0.1) is 0 Å². The number of hydrogen-bond donors (Lipinski definition) is 3. The molecule has 1 aromatic heterocycles. The van der Waals surface area contributed by atoms with Gasteiger partial charge in [0.25, 0.3) is 0 Å². The van der Waals surface area contributed by atoms with Gasteiger partial charge < -0.3 is 15.6 Å². The van der Waals surface area contributed by atoms with Crippen molar-refractivity contribution in [3.63, 3.8) is 0 Å². The Morgan fingerprint density at radius 2 is 1.96 bits per heavy atom. The van der Waals surface area contributed by atoms with Crippen LogP contribution in [0.2, 0.25) is 0 Å². The standard InChI is InChI=1S/C22H25BrFN3O/c1-2-5-15(12-25-14-16-10-17(23)8-9-19(16)24)13-26-22-11-21(28)18-6-3-4-7-20(18)27-22/h3-4,6-11,15,25H,2,5,12-14H2,1H3,(H2,26,27,28). The molecule has 1 heterocycles. The highest BCUT2D eigenvalue weighted by Crippen LogP contribution is 2.16. The van der Waals surface area contributed by atoms with E-state index in [1.807, 2.05) is 24.3 Å². The Morgan fingerprint density at radius 1 is 1.14 bits per heavy atom. The van der Waals surface area contributed by atoms with E-state index in [2.05, 4.69) is 38.5 Å². The number of aromatic nitrogens is 1. The van der Waals surface area contributed by atoms with Crippen molar-refractivity contribution in [1.82, 2.24) is 10.3 Å². The summed E-state index contributed by atoms with van der Waals surface area (Å²) in [6, 6.07) is 14.1. The first-order chi connectivity index (χ1) is 13.6. The number of benzene rings is 2. The molecule has 0 saturated heterocycles. The maximum Gasteiger partial charge on any atom is 0.191 e. The predicted octanol–water partition coefficient (Wildman–Crippen LogP) is 5.05. The lowest BCUT2D eigenvalue weighted by Crippen LogP contribution is -2.28. The number of para-hydroxylation sites is 1. The number of fused-ring (bicyclic) bond motifs is 1. The van der Waals surface area contributed by atoms with Crippen LogP contribution in [0.15, 0.2) is 57.8 Å². The van der Waals surface area contributed by atoms with Gasteiger partial charge >= 0.3 is 0 Å². The molecule has 0 spiro atoms. The van der Waals surface area contributed by atoms with Gasteiger partial charge in [-0.2, -0.15) is 0 Å². The highest BCUT2D eigenvalue weighted by atomic mass is 79.9. The molecule has 0 amide bonds. The average Bonchev–Trinajstić information content (AvgIpc) is 2.69. The first kappa shape index (κ1) is 20.6. The fraction of sp³-hybridized carbons (Fsp3) is 0.318. The SMILES string of the molecule is CCCC(CNCc1cc(Br)ccc1F)CNc1cc(=O)c2ccccc2[nH]1. The maximum absolute atomic E-state index is 13.9. The van der Waals surface area contributed by atoms with E-state index in [1.54, 1.807) is 18.2 Å². The zero-order valence-electron chi connectivity index (χ0n) is 15.9.